The van der Waals surface area contributed by atoms with Crippen molar-refractivity contribution in [3.8, 4) is 0 Å². The van der Waals surface area contributed by atoms with Gasteiger partial charge in [-0.05, 0) is 31.2 Å². The number of nitrogens with one attached hydrogen (secondary N) is 1. The molecule has 0 fully saturated rings. The molecule has 1 amide bonds. The molecule has 0 aliphatic heterocycles. The summed E-state index contributed by atoms with van der Waals surface area (Å²) in [6.45, 7) is 1.46. The van der Waals surface area contributed by atoms with Crippen LogP contribution in [0.5, 0.6) is 0 Å². The summed E-state index contributed by atoms with van der Waals surface area (Å²) >= 11 is 0. The fourth-order valence-electron chi connectivity index (χ4n) is 1.61. The van der Waals surface area contributed by atoms with Crippen LogP contribution in [0.2, 0.25) is 0 Å². The number of halogens is 1. The van der Waals surface area contributed by atoms with Crippen molar-refractivity contribution in [3.05, 3.63) is 30.1 Å². The van der Waals surface area contributed by atoms with Crippen molar-refractivity contribution >= 4 is 21.6 Å². The second-order valence-corrected chi connectivity index (χ2v) is 5.68. The summed E-state index contributed by atoms with van der Waals surface area (Å²) in [5.41, 5.74) is 0.245. The van der Waals surface area contributed by atoms with Crippen LogP contribution in [0.25, 0.3) is 0 Å². The molecule has 0 aliphatic carbocycles. The number of carbonyl (C=O) groups excluding carboxylic acids is 1. The summed E-state index contributed by atoms with van der Waals surface area (Å²) < 4.78 is 37.2. The van der Waals surface area contributed by atoms with Gasteiger partial charge in [0.2, 0.25) is 15.9 Å². The van der Waals surface area contributed by atoms with Gasteiger partial charge in [-0.15, -0.1) is 0 Å². The number of sulfonamides is 1. The van der Waals surface area contributed by atoms with Gasteiger partial charge in [0.25, 0.3) is 0 Å². The Balaban J connectivity index is 3.23. The van der Waals surface area contributed by atoms with Crippen molar-refractivity contribution in [3.63, 3.8) is 0 Å². The van der Waals surface area contributed by atoms with Gasteiger partial charge < -0.3 is 5.32 Å². The topological polar surface area (TPSA) is 66.5 Å². The van der Waals surface area contributed by atoms with Gasteiger partial charge in [-0.3, -0.25) is 9.10 Å². The van der Waals surface area contributed by atoms with Crippen molar-refractivity contribution in [2.24, 2.45) is 0 Å². The van der Waals surface area contributed by atoms with Gasteiger partial charge in [-0.2, -0.15) is 0 Å². The standard InChI is InChI=1S/C11H15FN2O3S/c1-8(11(15)13-2)14(18(3,16)17)10-6-4-9(12)5-7-10/h4-8H,1-3H3,(H,13,15)/t8-/m1/s1. The van der Waals surface area contributed by atoms with Crippen molar-refractivity contribution in [2.75, 3.05) is 17.6 Å². The van der Waals surface area contributed by atoms with Gasteiger partial charge in [0.15, 0.2) is 0 Å². The molecule has 0 radical (unpaired) electrons. The number of rotatable bonds is 4. The molecule has 0 saturated heterocycles. The molecular formula is C11H15FN2O3S. The summed E-state index contributed by atoms with van der Waals surface area (Å²) in [6, 6.07) is 4.01. The fraction of sp³-hybridized carbons (Fsp3) is 0.364. The number of nitrogens with zero attached hydrogens (tertiary/aromatic N) is 1. The average Bonchev–Trinajstić information content (AvgIpc) is 2.29. The first-order valence-corrected chi connectivity index (χ1v) is 7.08. The molecule has 1 N–H and O–H groups in total. The third kappa shape index (κ3) is 3.19. The molecule has 0 aromatic heterocycles. The lowest BCUT2D eigenvalue weighted by Gasteiger charge is -2.27. The Kier molecular flexibility index (Phi) is 4.28. The van der Waals surface area contributed by atoms with E-state index in [0.717, 1.165) is 22.7 Å². The van der Waals surface area contributed by atoms with Gasteiger partial charge in [-0.25, -0.2) is 12.8 Å². The maximum absolute atomic E-state index is 12.8. The first-order valence-electron chi connectivity index (χ1n) is 5.24. The van der Waals surface area contributed by atoms with Crippen LogP contribution in [-0.2, 0) is 14.8 Å². The molecule has 5 nitrogen and oxygen atoms in total. The van der Waals surface area contributed by atoms with Crippen LogP contribution in [0.3, 0.4) is 0 Å². The van der Waals surface area contributed by atoms with E-state index in [0.29, 0.717) is 0 Å². The number of carbonyl (C=O) groups is 1. The van der Waals surface area contributed by atoms with Crippen LogP contribution in [0.1, 0.15) is 6.92 Å². The zero-order chi connectivity index (χ0) is 13.9. The Hall–Kier alpha value is -1.63. The molecule has 1 aromatic rings. The molecule has 1 atom stereocenters. The highest BCUT2D eigenvalue weighted by molar-refractivity contribution is 7.92. The van der Waals surface area contributed by atoms with Gasteiger partial charge in [-0.1, -0.05) is 0 Å². The molecule has 0 aliphatic rings. The lowest BCUT2D eigenvalue weighted by atomic mass is 10.2. The van der Waals surface area contributed by atoms with Crippen LogP contribution in [-0.4, -0.2) is 33.7 Å². The Morgan fingerprint density at radius 2 is 1.83 bits per heavy atom. The maximum Gasteiger partial charge on any atom is 0.243 e. The maximum atomic E-state index is 12.8. The normalized spacial score (nSPS) is 12.9. The molecule has 0 bridgehead atoms. The molecule has 1 rings (SSSR count). The van der Waals surface area contributed by atoms with Crippen molar-refractivity contribution in [1.82, 2.24) is 5.32 Å². The predicted octanol–water partition coefficient (Wildman–Crippen LogP) is 0.726. The monoisotopic (exact) mass is 274 g/mol. The highest BCUT2D eigenvalue weighted by Crippen LogP contribution is 2.20. The Morgan fingerprint density at radius 3 is 2.22 bits per heavy atom. The highest BCUT2D eigenvalue weighted by atomic mass is 32.2. The second-order valence-electron chi connectivity index (χ2n) is 3.83. The summed E-state index contributed by atoms with van der Waals surface area (Å²) in [4.78, 5) is 11.5. The third-order valence-electron chi connectivity index (χ3n) is 2.42. The molecule has 0 unspecified atom stereocenters. The van der Waals surface area contributed by atoms with E-state index in [9.17, 15) is 17.6 Å². The van der Waals surface area contributed by atoms with E-state index in [1.807, 2.05) is 0 Å². The van der Waals surface area contributed by atoms with Crippen molar-refractivity contribution in [1.29, 1.82) is 0 Å². The van der Waals surface area contributed by atoms with Crippen LogP contribution >= 0.6 is 0 Å². The minimum Gasteiger partial charge on any atom is -0.357 e. The molecule has 7 heteroatoms. The third-order valence-corrected chi connectivity index (χ3v) is 3.66. The molecule has 0 saturated carbocycles. The molecular weight excluding hydrogens is 259 g/mol. The van der Waals surface area contributed by atoms with Gasteiger partial charge in [0, 0.05) is 7.05 Å². The molecule has 0 spiro atoms. The van der Waals surface area contributed by atoms with E-state index in [-0.39, 0.29) is 5.69 Å². The van der Waals surface area contributed by atoms with Crippen LogP contribution in [0.15, 0.2) is 24.3 Å². The molecule has 0 heterocycles. The summed E-state index contributed by atoms with van der Waals surface area (Å²) in [5.74, 6) is -0.912. The highest BCUT2D eigenvalue weighted by Gasteiger charge is 2.28. The first-order chi connectivity index (χ1) is 8.27. The summed E-state index contributed by atoms with van der Waals surface area (Å²) in [5, 5.41) is 2.38. The molecule has 100 valence electrons. The van der Waals surface area contributed by atoms with Gasteiger partial charge in [0.05, 0.1) is 11.9 Å². The summed E-state index contributed by atoms with van der Waals surface area (Å²) in [7, 11) is -2.21. The number of hydrogen-bond acceptors (Lipinski definition) is 3. The van der Waals surface area contributed by atoms with Gasteiger partial charge in [0.1, 0.15) is 11.9 Å². The minimum absolute atomic E-state index is 0.245. The van der Waals surface area contributed by atoms with Crippen LogP contribution in [0, 0.1) is 5.82 Å². The van der Waals surface area contributed by atoms with E-state index in [2.05, 4.69) is 5.32 Å². The Morgan fingerprint density at radius 1 is 1.33 bits per heavy atom. The van der Waals surface area contributed by atoms with E-state index in [4.69, 9.17) is 0 Å². The van der Waals surface area contributed by atoms with E-state index < -0.39 is 27.8 Å². The van der Waals surface area contributed by atoms with E-state index in [1.54, 1.807) is 0 Å². The number of benzene rings is 1. The SMILES string of the molecule is CNC(=O)[C@@H](C)N(c1ccc(F)cc1)S(C)(=O)=O. The number of anilines is 1. The average molecular weight is 274 g/mol. The molecule has 18 heavy (non-hydrogen) atoms. The Bertz CT molecular complexity index is 528. The quantitative estimate of drug-likeness (QED) is 0.880. The van der Waals surface area contributed by atoms with Crippen molar-refractivity contribution in [2.45, 2.75) is 13.0 Å². The molecule has 1 aromatic carbocycles. The summed E-state index contributed by atoms with van der Waals surface area (Å²) in [6.07, 6.45) is 0.996. The largest absolute Gasteiger partial charge is 0.357 e. The van der Waals surface area contributed by atoms with E-state index >= 15 is 0 Å². The Labute approximate surface area is 106 Å². The van der Waals surface area contributed by atoms with Crippen LogP contribution in [0.4, 0.5) is 10.1 Å². The second kappa shape index (κ2) is 5.34. The predicted molar refractivity (Wildman–Crippen MR) is 67.3 cm³/mol. The zero-order valence-corrected chi connectivity index (χ0v) is 11.2. The number of amides is 1. The first kappa shape index (κ1) is 14.4. The lowest BCUT2D eigenvalue weighted by molar-refractivity contribution is -0.121. The fourth-order valence-corrected chi connectivity index (χ4v) is 2.78. The number of hydrogen-bond donors (Lipinski definition) is 1. The van der Waals surface area contributed by atoms with Gasteiger partial charge >= 0.3 is 0 Å². The zero-order valence-electron chi connectivity index (χ0n) is 10.3. The lowest BCUT2D eigenvalue weighted by Crippen LogP contribution is -2.46. The minimum atomic E-state index is -3.64. The van der Waals surface area contributed by atoms with E-state index in [1.165, 1.54) is 26.1 Å². The number of likely N-dealkylation sites (N-methyl/N-ethyl adjacent to an activating group) is 1. The van der Waals surface area contributed by atoms with Crippen LogP contribution < -0.4 is 9.62 Å². The van der Waals surface area contributed by atoms with Crippen molar-refractivity contribution < 1.29 is 17.6 Å². The smallest absolute Gasteiger partial charge is 0.243 e.